The molecule has 3 heterocycles. The number of rotatable bonds is 4. The molecule has 6 heteroatoms. The number of ether oxygens (including phenoxy) is 1. The Morgan fingerprint density at radius 1 is 1.17 bits per heavy atom. The highest BCUT2D eigenvalue weighted by atomic mass is 35.5. The van der Waals surface area contributed by atoms with E-state index in [0.717, 1.165) is 47.4 Å². The lowest BCUT2D eigenvalue weighted by molar-refractivity contribution is -0.0346. The largest absolute Gasteiger partial charge is 0.458 e. The zero-order valence-electron chi connectivity index (χ0n) is 13.1. The summed E-state index contributed by atoms with van der Waals surface area (Å²) in [5.41, 5.74) is 2.05. The van der Waals surface area contributed by atoms with E-state index in [1.165, 1.54) is 0 Å². The minimum atomic E-state index is 0.0676. The number of nitrogens with one attached hydrogen (secondary N) is 1. The summed E-state index contributed by atoms with van der Waals surface area (Å²) < 4.78 is 11.8. The van der Waals surface area contributed by atoms with Crippen molar-refractivity contribution in [2.75, 3.05) is 19.7 Å². The van der Waals surface area contributed by atoms with Crippen molar-refractivity contribution in [2.24, 2.45) is 0 Å². The van der Waals surface area contributed by atoms with E-state index in [4.69, 9.17) is 20.8 Å². The maximum atomic E-state index is 5.96. The monoisotopic (exact) mass is 343 g/mol. The third-order valence-electron chi connectivity index (χ3n) is 4.20. The van der Waals surface area contributed by atoms with Gasteiger partial charge in [0, 0.05) is 24.3 Å². The molecule has 0 amide bonds. The number of halogens is 1. The third kappa shape index (κ3) is 3.38. The minimum absolute atomic E-state index is 0.0676. The van der Waals surface area contributed by atoms with Crippen molar-refractivity contribution in [3.8, 4) is 11.5 Å². The van der Waals surface area contributed by atoms with Crippen LogP contribution < -0.4 is 0 Å². The SMILES string of the molecule is Clc1ccc([C@H]2CN(Cc3ccc(-c4ccn[nH]4)o3)CCO2)cc1. The van der Waals surface area contributed by atoms with Crippen molar-refractivity contribution >= 4 is 11.6 Å². The van der Waals surface area contributed by atoms with Crippen LogP contribution in [0.2, 0.25) is 5.02 Å². The zero-order chi connectivity index (χ0) is 16.4. The van der Waals surface area contributed by atoms with E-state index in [2.05, 4.69) is 15.1 Å². The van der Waals surface area contributed by atoms with Crippen molar-refractivity contribution in [1.29, 1.82) is 0 Å². The second kappa shape index (κ2) is 6.81. The molecule has 4 rings (SSSR count). The van der Waals surface area contributed by atoms with Gasteiger partial charge in [0.25, 0.3) is 0 Å². The van der Waals surface area contributed by atoms with Crippen molar-refractivity contribution in [1.82, 2.24) is 15.1 Å². The average molecular weight is 344 g/mol. The number of H-pyrrole nitrogens is 1. The Kier molecular flexibility index (Phi) is 4.38. The van der Waals surface area contributed by atoms with E-state index in [-0.39, 0.29) is 6.10 Å². The summed E-state index contributed by atoms with van der Waals surface area (Å²) in [4.78, 5) is 2.35. The molecule has 0 saturated carbocycles. The van der Waals surface area contributed by atoms with Crippen molar-refractivity contribution in [3.05, 3.63) is 65.0 Å². The smallest absolute Gasteiger partial charge is 0.152 e. The first-order valence-corrected chi connectivity index (χ1v) is 8.33. The average Bonchev–Trinajstić information content (AvgIpc) is 3.27. The van der Waals surface area contributed by atoms with E-state index in [1.54, 1.807) is 6.20 Å². The first-order valence-electron chi connectivity index (χ1n) is 7.96. The molecular formula is C18H18ClN3O2. The third-order valence-corrected chi connectivity index (χ3v) is 4.45. The summed E-state index contributed by atoms with van der Waals surface area (Å²) in [5, 5.41) is 7.61. The van der Waals surface area contributed by atoms with E-state index in [9.17, 15) is 0 Å². The lowest BCUT2D eigenvalue weighted by atomic mass is 10.1. The molecule has 124 valence electrons. The van der Waals surface area contributed by atoms with Gasteiger partial charge in [-0.2, -0.15) is 5.10 Å². The fourth-order valence-electron chi connectivity index (χ4n) is 2.95. The molecule has 0 radical (unpaired) electrons. The van der Waals surface area contributed by atoms with Crippen LogP contribution in [0.5, 0.6) is 0 Å². The number of hydrogen-bond donors (Lipinski definition) is 1. The number of aromatic nitrogens is 2. The Labute approximate surface area is 145 Å². The van der Waals surface area contributed by atoms with Gasteiger partial charge in [0.2, 0.25) is 0 Å². The Morgan fingerprint density at radius 2 is 2.04 bits per heavy atom. The molecule has 1 aliphatic heterocycles. The van der Waals surface area contributed by atoms with Gasteiger partial charge in [-0.25, -0.2) is 0 Å². The summed E-state index contributed by atoms with van der Waals surface area (Å²) in [6.45, 7) is 3.20. The summed E-state index contributed by atoms with van der Waals surface area (Å²) in [6.07, 6.45) is 1.79. The highest BCUT2D eigenvalue weighted by Crippen LogP contribution is 2.26. The second-order valence-corrected chi connectivity index (χ2v) is 6.32. The van der Waals surface area contributed by atoms with E-state index in [0.29, 0.717) is 6.61 Å². The highest BCUT2D eigenvalue weighted by Gasteiger charge is 2.23. The Balaban J connectivity index is 1.42. The van der Waals surface area contributed by atoms with Gasteiger partial charge in [0.05, 0.1) is 19.3 Å². The van der Waals surface area contributed by atoms with Gasteiger partial charge in [0.1, 0.15) is 11.5 Å². The lowest BCUT2D eigenvalue weighted by Crippen LogP contribution is -2.37. The molecule has 0 aliphatic carbocycles. The maximum absolute atomic E-state index is 5.96. The standard InChI is InChI=1S/C18H18ClN3O2/c19-14-3-1-13(2-4-14)18-12-22(9-10-23-18)11-15-5-6-17(24-15)16-7-8-20-21-16/h1-8,18H,9-12H2,(H,20,21)/t18-/m1/s1. The van der Waals surface area contributed by atoms with E-state index < -0.39 is 0 Å². The zero-order valence-corrected chi connectivity index (χ0v) is 13.9. The van der Waals surface area contributed by atoms with Crippen LogP contribution in [0.3, 0.4) is 0 Å². The lowest BCUT2D eigenvalue weighted by Gasteiger charge is -2.32. The summed E-state index contributed by atoms with van der Waals surface area (Å²) >= 11 is 5.96. The molecule has 0 unspecified atom stereocenters. The fraction of sp³-hybridized carbons (Fsp3) is 0.278. The molecule has 5 nitrogen and oxygen atoms in total. The van der Waals surface area contributed by atoms with Crippen LogP contribution in [0, 0.1) is 0 Å². The summed E-state index contributed by atoms with van der Waals surface area (Å²) in [6, 6.07) is 13.8. The first-order chi connectivity index (χ1) is 11.8. The van der Waals surface area contributed by atoms with Crippen LogP contribution in [0.4, 0.5) is 0 Å². The van der Waals surface area contributed by atoms with Crippen molar-refractivity contribution in [2.45, 2.75) is 12.6 Å². The molecule has 1 saturated heterocycles. The molecule has 1 aromatic carbocycles. The van der Waals surface area contributed by atoms with Gasteiger partial charge in [-0.05, 0) is 35.9 Å². The van der Waals surface area contributed by atoms with Crippen LogP contribution in [-0.4, -0.2) is 34.8 Å². The number of benzene rings is 1. The van der Waals surface area contributed by atoms with Gasteiger partial charge in [0.15, 0.2) is 5.76 Å². The van der Waals surface area contributed by atoms with Gasteiger partial charge >= 0.3 is 0 Å². The van der Waals surface area contributed by atoms with Crippen LogP contribution in [0.25, 0.3) is 11.5 Å². The van der Waals surface area contributed by atoms with Gasteiger partial charge in [-0.15, -0.1) is 0 Å². The molecule has 3 aromatic rings. The van der Waals surface area contributed by atoms with Gasteiger partial charge in [-0.1, -0.05) is 23.7 Å². The second-order valence-electron chi connectivity index (χ2n) is 5.88. The number of nitrogens with zero attached hydrogens (tertiary/aromatic N) is 2. The van der Waals surface area contributed by atoms with Crippen molar-refractivity contribution < 1.29 is 9.15 Å². The Hall–Kier alpha value is -2.08. The number of furan rings is 1. The number of morpholine rings is 1. The molecule has 1 N–H and O–H groups in total. The molecule has 2 aromatic heterocycles. The van der Waals surface area contributed by atoms with Gasteiger partial charge < -0.3 is 9.15 Å². The van der Waals surface area contributed by atoms with E-state index in [1.807, 2.05) is 42.5 Å². The number of aromatic amines is 1. The summed E-state index contributed by atoms with van der Waals surface area (Å²) in [7, 11) is 0. The molecule has 24 heavy (non-hydrogen) atoms. The minimum Gasteiger partial charge on any atom is -0.458 e. The molecule has 1 aliphatic rings. The predicted octanol–water partition coefficient (Wildman–Crippen LogP) is 3.90. The molecule has 1 fully saturated rings. The van der Waals surface area contributed by atoms with E-state index >= 15 is 0 Å². The van der Waals surface area contributed by atoms with Crippen LogP contribution in [0.1, 0.15) is 17.4 Å². The quantitative estimate of drug-likeness (QED) is 0.780. The molecule has 0 spiro atoms. The first kappa shape index (κ1) is 15.4. The summed E-state index contributed by atoms with van der Waals surface area (Å²) in [5.74, 6) is 1.75. The molecule has 1 atom stereocenters. The fourth-order valence-corrected chi connectivity index (χ4v) is 3.07. The maximum Gasteiger partial charge on any atom is 0.152 e. The predicted molar refractivity (Wildman–Crippen MR) is 91.7 cm³/mol. The van der Waals surface area contributed by atoms with Gasteiger partial charge in [-0.3, -0.25) is 10.00 Å². The normalized spacial score (nSPS) is 18.8. The van der Waals surface area contributed by atoms with Crippen LogP contribution in [0.15, 0.2) is 53.1 Å². The Bertz CT molecular complexity index is 783. The molecule has 0 bridgehead atoms. The van der Waals surface area contributed by atoms with Crippen LogP contribution in [-0.2, 0) is 11.3 Å². The van der Waals surface area contributed by atoms with Crippen molar-refractivity contribution in [3.63, 3.8) is 0 Å². The topological polar surface area (TPSA) is 54.3 Å². The van der Waals surface area contributed by atoms with Crippen LogP contribution >= 0.6 is 11.6 Å². The molecular weight excluding hydrogens is 326 g/mol. The highest BCUT2D eigenvalue weighted by molar-refractivity contribution is 6.30. The number of hydrogen-bond acceptors (Lipinski definition) is 4. The Morgan fingerprint density at radius 3 is 2.83 bits per heavy atom.